The van der Waals surface area contributed by atoms with Crippen LogP contribution in [-0.2, 0) is 9.84 Å². The molecule has 1 saturated carbocycles. The molecule has 1 aliphatic carbocycles. The van der Waals surface area contributed by atoms with Crippen LogP contribution in [0.4, 0.5) is 0 Å². The van der Waals surface area contributed by atoms with Crippen LogP contribution in [0.2, 0.25) is 0 Å². The van der Waals surface area contributed by atoms with Crippen LogP contribution in [0.25, 0.3) is 0 Å². The maximum absolute atomic E-state index is 11.4. The number of hydrogen-bond acceptors (Lipinski definition) is 3. The highest BCUT2D eigenvalue weighted by molar-refractivity contribution is 7.91. The van der Waals surface area contributed by atoms with Gasteiger partial charge in [0.1, 0.15) is 9.84 Å². The molecular weight excluding hydrogens is 234 g/mol. The van der Waals surface area contributed by atoms with Gasteiger partial charge in [-0.25, -0.2) is 8.42 Å². The van der Waals surface area contributed by atoms with E-state index in [1.165, 1.54) is 6.42 Å². The minimum atomic E-state index is -2.78. The third kappa shape index (κ3) is 5.38. The summed E-state index contributed by atoms with van der Waals surface area (Å²) >= 11 is 0. The van der Waals surface area contributed by atoms with Gasteiger partial charge in [-0.05, 0) is 44.1 Å². The largest absolute Gasteiger partial charge is 0.314 e. The molecule has 0 aliphatic heterocycles. The van der Waals surface area contributed by atoms with Gasteiger partial charge < -0.3 is 5.32 Å². The molecule has 1 rings (SSSR count). The molecule has 0 spiro atoms. The summed E-state index contributed by atoms with van der Waals surface area (Å²) < 4.78 is 22.8. The second-order valence-electron chi connectivity index (χ2n) is 5.32. The standard InChI is InChI=1S/C13H27NO2S/c1-4-8-14-13(12-10-11(12)3)7-6-9-17(15,16)5-2/h11-14H,4-10H2,1-3H3. The third-order valence-corrected chi connectivity index (χ3v) is 5.55. The molecule has 0 aromatic carbocycles. The second-order valence-corrected chi connectivity index (χ2v) is 7.79. The fraction of sp³-hybridized carbons (Fsp3) is 1.00. The van der Waals surface area contributed by atoms with Crippen LogP contribution in [0.15, 0.2) is 0 Å². The number of nitrogens with one attached hydrogen (secondary N) is 1. The predicted molar refractivity (Wildman–Crippen MR) is 72.9 cm³/mol. The van der Waals surface area contributed by atoms with Crippen molar-refractivity contribution in [2.45, 2.75) is 52.5 Å². The lowest BCUT2D eigenvalue weighted by atomic mass is 10.1. The van der Waals surface area contributed by atoms with Crippen molar-refractivity contribution in [3.05, 3.63) is 0 Å². The normalized spacial score (nSPS) is 25.8. The Bertz CT molecular complexity index is 313. The SMILES string of the molecule is CCCNC(CCCS(=O)(=O)CC)C1CC1C. The molecule has 0 heterocycles. The van der Waals surface area contributed by atoms with E-state index in [1.807, 2.05) is 0 Å². The number of hydrogen-bond donors (Lipinski definition) is 1. The van der Waals surface area contributed by atoms with Gasteiger partial charge in [-0.1, -0.05) is 20.8 Å². The zero-order chi connectivity index (χ0) is 12.9. The van der Waals surface area contributed by atoms with Crippen molar-refractivity contribution < 1.29 is 8.42 Å². The van der Waals surface area contributed by atoms with Crippen molar-refractivity contribution in [3.63, 3.8) is 0 Å². The van der Waals surface area contributed by atoms with E-state index in [4.69, 9.17) is 0 Å². The Morgan fingerprint density at radius 2 is 2.00 bits per heavy atom. The molecule has 1 N–H and O–H groups in total. The molecule has 1 fully saturated rings. The van der Waals surface area contributed by atoms with Gasteiger partial charge in [-0.3, -0.25) is 0 Å². The molecule has 0 bridgehead atoms. The first-order chi connectivity index (χ1) is 8.00. The van der Waals surface area contributed by atoms with E-state index < -0.39 is 9.84 Å². The first-order valence-electron chi connectivity index (χ1n) is 6.94. The molecule has 0 aromatic heterocycles. The molecule has 0 amide bonds. The molecule has 1 aliphatic rings. The summed E-state index contributed by atoms with van der Waals surface area (Å²) in [5, 5.41) is 3.57. The van der Waals surface area contributed by atoms with Gasteiger partial charge in [0.25, 0.3) is 0 Å². The smallest absolute Gasteiger partial charge is 0.150 e. The van der Waals surface area contributed by atoms with Crippen LogP contribution in [0.3, 0.4) is 0 Å². The van der Waals surface area contributed by atoms with Crippen LogP contribution in [0.5, 0.6) is 0 Å². The lowest BCUT2D eigenvalue weighted by Gasteiger charge is -2.18. The van der Waals surface area contributed by atoms with Crippen LogP contribution >= 0.6 is 0 Å². The average Bonchev–Trinajstić information content (AvgIpc) is 3.00. The summed E-state index contributed by atoms with van der Waals surface area (Å²) in [4.78, 5) is 0. The Labute approximate surface area is 106 Å². The molecule has 4 heteroatoms. The Kier molecular flexibility index (Phi) is 5.93. The van der Waals surface area contributed by atoms with Crippen molar-refractivity contribution in [1.29, 1.82) is 0 Å². The van der Waals surface area contributed by atoms with E-state index in [2.05, 4.69) is 19.2 Å². The Balaban J connectivity index is 2.29. The molecular formula is C13H27NO2S. The zero-order valence-electron chi connectivity index (χ0n) is 11.4. The minimum absolute atomic E-state index is 0.278. The van der Waals surface area contributed by atoms with Crippen molar-refractivity contribution in [3.8, 4) is 0 Å². The first-order valence-corrected chi connectivity index (χ1v) is 8.76. The molecule has 0 aromatic rings. The summed E-state index contributed by atoms with van der Waals surface area (Å²) in [6.07, 6.45) is 4.27. The van der Waals surface area contributed by atoms with Crippen molar-refractivity contribution >= 4 is 9.84 Å². The highest BCUT2D eigenvalue weighted by Crippen LogP contribution is 2.41. The number of rotatable bonds is 9. The Hall–Kier alpha value is -0.0900. The van der Waals surface area contributed by atoms with E-state index in [9.17, 15) is 8.42 Å². The van der Waals surface area contributed by atoms with Gasteiger partial charge in [0, 0.05) is 11.8 Å². The summed E-state index contributed by atoms with van der Waals surface area (Å²) in [5.74, 6) is 2.24. The van der Waals surface area contributed by atoms with Gasteiger partial charge in [0.2, 0.25) is 0 Å². The Morgan fingerprint density at radius 1 is 1.35 bits per heavy atom. The van der Waals surface area contributed by atoms with Crippen LogP contribution < -0.4 is 5.32 Å². The third-order valence-electron chi connectivity index (χ3n) is 3.76. The molecule has 0 saturated heterocycles. The van der Waals surface area contributed by atoms with Gasteiger partial charge in [0.05, 0.1) is 5.75 Å². The molecule has 17 heavy (non-hydrogen) atoms. The predicted octanol–water partition coefficient (Wildman–Crippen LogP) is 2.23. The van der Waals surface area contributed by atoms with E-state index in [-0.39, 0.29) is 5.75 Å². The van der Waals surface area contributed by atoms with Gasteiger partial charge >= 0.3 is 0 Å². The lowest BCUT2D eigenvalue weighted by molar-refractivity contribution is 0.417. The van der Waals surface area contributed by atoms with E-state index >= 15 is 0 Å². The highest BCUT2D eigenvalue weighted by Gasteiger charge is 2.38. The summed E-state index contributed by atoms with van der Waals surface area (Å²) in [6.45, 7) is 7.23. The first kappa shape index (κ1) is 15.0. The summed E-state index contributed by atoms with van der Waals surface area (Å²) in [7, 11) is -2.78. The van der Waals surface area contributed by atoms with Gasteiger partial charge in [-0.2, -0.15) is 0 Å². The van der Waals surface area contributed by atoms with E-state index in [0.717, 1.165) is 37.6 Å². The highest BCUT2D eigenvalue weighted by atomic mass is 32.2. The van der Waals surface area contributed by atoms with E-state index in [0.29, 0.717) is 11.8 Å². The molecule has 0 radical (unpaired) electrons. The average molecular weight is 261 g/mol. The van der Waals surface area contributed by atoms with Crippen molar-refractivity contribution in [1.82, 2.24) is 5.32 Å². The van der Waals surface area contributed by atoms with E-state index in [1.54, 1.807) is 6.92 Å². The minimum Gasteiger partial charge on any atom is -0.314 e. The zero-order valence-corrected chi connectivity index (χ0v) is 12.2. The maximum Gasteiger partial charge on any atom is 0.150 e. The molecule has 102 valence electrons. The Morgan fingerprint density at radius 3 is 2.47 bits per heavy atom. The van der Waals surface area contributed by atoms with Crippen LogP contribution in [0.1, 0.15) is 46.5 Å². The van der Waals surface area contributed by atoms with Crippen molar-refractivity contribution in [2.24, 2.45) is 11.8 Å². The van der Waals surface area contributed by atoms with Crippen LogP contribution in [-0.4, -0.2) is 32.5 Å². The summed E-state index contributed by atoms with van der Waals surface area (Å²) in [6, 6.07) is 0.539. The lowest BCUT2D eigenvalue weighted by Crippen LogP contribution is -2.32. The fourth-order valence-electron chi connectivity index (χ4n) is 2.38. The second kappa shape index (κ2) is 6.74. The quantitative estimate of drug-likeness (QED) is 0.692. The fourth-order valence-corrected chi connectivity index (χ4v) is 3.27. The molecule has 3 unspecified atom stereocenters. The summed E-state index contributed by atoms with van der Waals surface area (Å²) in [5.41, 5.74) is 0. The topological polar surface area (TPSA) is 46.2 Å². The maximum atomic E-state index is 11.4. The molecule has 3 nitrogen and oxygen atoms in total. The van der Waals surface area contributed by atoms with Gasteiger partial charge in [0.15, 0.2) is 0 Å². The van der Waals surface area contributed by atoms with Gasteiger partial charge in [-0.15, -0.1) is 0 Å². The number of sulfone groups is 1. The molecule has 3 atom stereocenters. The monoisotopic (exact) mass is 261 g/mol. The van der Waals surface area contributed by atoms with Crippen LogP contribution in [0, 0.1) is 11.8 Å². The van der Waals surface area contributed by atoms with Crippen molar-refractivity contribution in [2.75, 3.05) is 18.1 Å².